The van der Waals surface area contributed by atoms with Gasteiger partial charge >= 0.3 is 5.97 Å². The normalized spacial score (nSPS) is 10.3. The van der Waals surface area contributed by atoms with E-state index in [1.54, 1.807) is 13.8 Å². The maximum atomic E-state index is 11.7. The number of hydrazine groups is 1. The fraction of sp³-hybridized carbons (Fsp3) is 0.286. The van der Waals surface area contributed by atoms with E-state index in [1.165, 1.54) is 16.3 Å². The van der Waals surface area contributed by atoms with E-state index in [-0.39, 0.29) is 5.97 Å². The van der Waals surface area contributed by atoms with Gasteiger partial charge in [-0.3, -0.25) is 5.01 Å². The van der Waals surface area contributed by atoms with Gasteiger partial charge in [0.05, 0.1) is 18.8 Å². The maximum absolute atomic E-state index is 11.7. The van der Waals surface area contributed by atoms with Crippen molar-refractivity contribution in [1.82, 2.24) is 4.98 Å². The first kappa shape index (κ1) is 14.5. The van der Waals surface area contributed by atoms with Crippen LogP contribution in [0.1, 0.15) is 27.9 Å². The third-order valence-corrected chi connectivity index (χ3v) is 3.86. The summed E-state index contributed by atoms with van der Waals surface area (Å²) in [6.07, 6.45) is 0. The molecule has 6 heteroatoms. The summed E-state index contributed by atoms with van der Waals surface area (Å²) in [5, 5.41) is 2.14. The highest BCUT2D eigenvalue weighted by molar-refractivity contribution is 7.17. The Morgan fingerprint density at radius 1 is 1.40 bits per heavy atom. The molecule has 0 radical (unpaired) electrons. The van der Waals surface area contributed by atoms with E-state index in [0.717, 1.165) is 5.56 Å². The van der Waals surface area contributed by atoms with Crippen LogP contribution in [0.15, 0.2) is 30.3 Å². The summed E-state index contributed by atoms with van der Waals surface area (Å²) in [5.41, 5.74) is 1.73. The van der Waals surface area contributed by atoms with E-state index >= 15 is 0 Å². The zero-order valence-electron chi connectivity index (χ0n) is 11.5. The van der Waals surface area contributed by atoms with Gasteiger partial charge in [-0.1, -0.05) is 41.7 Å². The maximum Gasteiger partial charge on any atom is 0.350 e. The lowest BCUT2D eigenvalue weighted by Crippen LogP contribution is -2.29. The zero-order chi connectivity index (χ0) is 14.5. The highest BCUT2D eigenvalue weighted by Gasteiger charge is 2.18. The van der Waals surface area contributed by atoms with Crippen LogP contribution < -0.4 is 10.9 Å². The van der Waals surface area contributed by atoms with Gasteiger partial charge in [0.1, 0.15) is 4.88 Å². The number of aryl methyl sites for hydroxylation is 1. The molecule has 0 bridgehead atoms. The summed E-state index contributed by atoms with van der Waals surface area (Å²) < 4.78 is 4.99. The minimum atomic E-state index is -0.345. The SMILES string of the molecule is CCOC(=O)c1sc(N(N)Cc2ccccc2)nc1C. The molecule has 0 aliphatic rings. The molecular formula is C14H17N3O2S. The van der Waals surface area contributed by atoms with Crippen LogP contribution in [0, 0.1) is 6.92 Å². The Bertz CT molecular complexity index is 583. The summed E-state index contributed by atoms with van der Waals surface area (Å²) in [4.78, 5) is 16.6. The lowest BCUT2D eigenvalue weighted by Gasteiger charge is -2.14. The fourth-order valence-corrected chi connectivity index (χ4v) is 2.62. The molecule has 2 N–H and O–H groups in total. The molecule has 0 amide bonds. The number of hydrogen-bond acceptors (Lipinski definition) is 6. The van der Waals surface area contributed by atoms with Crippen molar-refractivity contribution in [3.8, 4) is 0 Å². The summed E-state index contributed by atoms with van der Waals surface area (Å²) in [6, 6.07) is 9.86. The summed E-state index contributed by atoms with van der Waals surface area (Å²) >= 11 is 1.25. The van der Waals surface area contributed by atoms with Gasteiger partial charge in [-0.2, -0.15) is 0 Å². The second-order valence-corrected chi connectivity index (χ2v) is 5.22. The highest BCUT2D eigenvalue weighted by atomic mass is 32.1. The van der Waals surface area contributed by atoms with Crippen LogP contribution in [0.3, 0.4) is 0 Å². The van der Waals surface area contributed by atoms with Crippen LogP contribution >= 0.6 is 11.3 Å². The number of carbonyl (C=O) groups excluding carboxylic acids is 1. The van der Waals surface area contributed by atoms with E-state index in [2.05, 4.69) is 4.98 Å². The number of esters is 1. The van der Waals surface area contributed by atoms with Gasteiger partial charge < -0.3 is 4.74 Å². The van der Waals surface area contributed by atoms with E-state index in [1.807, 2.05) is 30.3 Å². The second-order valence-electron chi connectivity index (χ2n) is 4.24. The molecule has 0 atom stereocenters. The Kier molecular flexibility index (Phi) is 4.70. The van der Waals surface area contributed by atoms with Gasteiger partial charge in [0.2, 0.25) is 5.13 Å². The Balaban J connectivity index is 2.13. The monoisotopic (exact) mass is 291 g/mol. The number of carbonyl (C=O) groups is 1. The molecule has 1 aromatic heterocycles. The Hall–Kier alpha value is -1.92. The minimum absolute atomic E-state index is 0.345. The number of nitrogens with two attached hydrogens (primary N) is 1. The Labute approximate surface area is 122 Å². The first-order chi connectivity index (χ1) is 9.61. The largest absolute Gasteiger partial charge is 0.462 e. The molecule has 0 aliphatic heterocycles. The van der Waals surface area contributed by atoms with Crippen molar-refractivity contribution in [3.63, 3.8) is 0 Å². The lowest BCUT2D eigenvalue weighted by atomic mass is 10.2. The smallest absolute Gasteiger partial charge is 0.350 e. The number of thiazole rings is 1. The van der Waals surface area contributed by atoms with Crippen LogP contribution in [0.4, 0.5) is 5.13 Å². The summed E-state index contributed by atoms with van der Waals surface area (Å²) in [6.45, 7) is 4.44. The van der Waals surface area contributed by atoms with Crippen molar-refractivity contribution in [1.29, 1.82) is 0 Å². The third-order valence-electron chi connectivity index (χ3n) is 2.69. The molecule has 5 nitrogen and oxygen atoms in total. The number of benzene rings is 1. The van der Waals surface area contributed by atoms with E-state index in [0.29, 0.717) is 28.9 Å². The second kappa shape index (κ2) is 6.49. The molecule has 2 rings (SSSR count). The number of ether oxygens (including phenoxy) is 1. The number of nitrogens with zero attached hydrogens (tertiary/aromatic N) is 2. The standard InChI is InChI=1S/C14H17N3O2S/c1-3-19-13(18)12-10(2)16-14(20-12)17(15)9-11-7-5-4-6-8-11/h4-8H,3,9,15H2,1-2H3. The predicted octanol–water partition coefficient (Wildman–Crippen LogP) is 2.51. The molecule has 1 aromatic carbocycles. The van der Waals surface area contributed by atoms with Gasteiger partial charge in [-0.05, 0) is 19.4 Å². The quantitative estimate of drug-likeness (QED) is 0.521. The average molecular weight is 291 g/mol. The van der Waals surface area contributed by atoms with E-state index in [4.69, 9.17) is 10.6 Å². The summed E-state index contributed by atoms with van der Waals surface area (Å²) in [7, 11) is 0. The van der Waals surface area contributed by atoms with Gasteiger partial charge in [0.25, 0.3) is 0 Å². The first-order valence-corrected chi connectivity index (χ1v) is 7.14. The molecule has 0 spiro atoms. The molecule has 0 saturated carbocycles. The van der Waals surface area contributed by atoms with Crippen LogP contribution in [-0.2, 0) is 11.3 Å². The van der Waals surface area contributed by atoms with Gasteiger partial charge in [0.15, 0.2) is 0 Å². The van der Waals surface area contributed by atoms with Crippen molar-refractivity contribution in [2.45, 2.75) is 20.4 Å². The number of hydrogen-bond donors (Lipinski definition) is 1. The van der Waals surface area contributed by atoms with Gasteiger partial charge in [0, 0.05) is 0 Å². The minimum Gasteiger partial charge on any atom is -0.462 e. The Morgan fingerprint density at radius 2 is 2.10 bits per heavy atom. The van der Waals surface area contributed by atoms with Crippen molar-refractivity contribution in [2.24, 2.45) is 5.84 Å². The summed E-state index contributed by atoms with van der Waals surface area (Å²) in [5.74, 6) is 5.67. The molecule has 106 valence electrons. The predicted molar refractivity (Wildman–Crippen MR) is 79.6 cm³/mol. The highest BCUT2D eigenvalue weighted by Crippen LogP contribution is 2.26. The number of aromatic nitrogens is 1. The van der Waals surface area contributed by atoms with Gasteiger partial charge in [-0.25, -0.2) is 15.6 Å². The average Bonchev–Trinajstić information content (AvgIpc) is 2.82. The molecule has 0 aliphatic carbocycles. The number of anilines is 1. The topological polar surface area (TPSA) is 68.5 Å². The molecule has 0 unspecified atom stereocenters. The molecule has 0 saturated heterocycles. The van der Waals surface area contributed by atoms with E-state index < -0.39 is 0 Å². The lowest BCUT2D eigenvalue weighted by molar-refractivity contribution is 0.0531. The molecule has 2 aromatic rings. The first-order valence-electron chi connectivity index (χ1n) is 6.32. The molecular weight excluding hydrogens is 274 g/mol. The van der Waals surface area contributed by atoms with Crippen LogP contribution in [0.25, 0.3) is 0 Å². The van der Waals surface area contributed by atoms with Gasteiger partial charge in [-0.15, -0.1) is 0 Å². The molecule has 20 heavy (non-hydrogen) atoms. The van der Waals surface area contributed by atoms with E-state index in [9.17, 15) is 4.79 Å². The third kappa shape index (κ3) is 3.34. The Morgan fingerprint density at radius 3 is 2.75 bits per heavy atom. The van der Waals surface area contributed by atoms with Crippen molar-refractivity contribution >= 4 is 22.4 Å². The van der Waals surface area contributed by atoms with Crippen molar-refractivity contribution < 1.29 is 9.53 Å². The number of rotatable bonds is 5. The van der Waals surface area contributed by atoms with Crippen LogP contribution in [0.5, 0.6) is 0 Å². The van der Waals surface area contributed by atoms with Crippen molar-refractivity contribution in [3.05, 3.63) is 46.5 Å². The van der Waals surface area contributed by atoms with Crippen LogP contribution in [0.2, 0.25) is 0 Å². The van der Waals surface area contributed by atoms with Crippen molar-refractivity contribution in [2.75, 3.05) is 11.6 Å². The fourth-order valence-electron chi connectivity index (χ4n) is 1.74. The zero-order valence-corrected chi connectivity index (χ0v) is 12.3. The molecule has 0 fully saturated rings. The van der Waals surface area contributed by atoms with Crippen LogP contribution in [-0.4, -0.2) is 17.6 Å². The molecule has 1 heterocycles.